The second-order valence-corrected chi connectivity index (χ2v) is 3.83. The van der Waals surface area contributed by atoms with Crippen LogP contribution in [0.3, 0.4) is 0 Å². The van der Waals surface area contributed by atoms with Crippen LogP contribution in [-0.2, 0) is 0 Å². The first-order valence-corrected chi connectivity index (χ1v) is 5.01. The molecule has 16 heavy (non-hydrogen) atoms. The zero-order valence-corrected chi connectivity index (χ0v) is 9.03. The standard InChI is InChI=1S/C14H12O2/c1-9(2)11-7-10-5-3-4-6-12(10)13(8-11)14(15)16/h3-8H,1H2,2H3,(H,15,16). The van der Waals surface area contributed by atoms with Crippen molar-refractivity contribution in [1.82, 2.24) is 0 Å². The van der Waals surface area contributed by atoms with Gasteiger partial charge in [0.05, 0.1) is 5.56 Å². The molecule has 0 aliphatic carbocycles. The van der Waals surface area contributed by atoms with Gasteiger partial charge in [-0.15, -0.1) is 0 Å². The van der Waals surface area contributed by atoms with Gasteiger partial charge in [-0.25, -0.2) is 4.79 Å². The maximum absolute atomic E-state index is 11.2. The lowest BCUT2D eigenvalue weighted by molar-refractivity contribution is 0.0699. The number of carboxylic acid groups (broad SMARTS) is 1. The zero-order valence-electron chi connectivity index (χ0n) is 9.03. The first kappa shape index (κ1) is 10.4. The number of aromatic carboxylic acids is 1. The third-order valence-electron chi connectivity index (χ3n) is 2.59. The quantitative estimate of drug-likeness (QED) is 0.826. The molecule has 0 aliphatic rings. The first-order valence-electron chi connectivity index (χ1n) is 5.01. The Bertz CT molecular complexity index is 582. The van der Waals surface area contributed by atoms with Gasteiger partial charge in [-0.1, -0.05) is 36.4 Å². The van der Waals surface area contributed by atoms with Crippen molar-refractivity contribution in [2.75, 3.05) is 0 Å². The molecule has 0 saturated heterocycles. The number of hydrogen-bond donors (Lipinski definition) is 1. The molecule has 2 rings (SSSR count). The van der Waals surface area contributed by atoms with Crippen molar-refractivity contribution in [2.45, 2.75) is 6.92 Å². The minimum absolute atomic E-state index is 0.330. The SMILES string of the molecule is C=C(C)c1cc(C(=O)O)c2ccccc2c1. The average molecular weight is 212 g/mol. The number of rotatable bonds is 2. The molecule has 80 valence electrons. The molecule has 2 heteroatoms. The fraction of sp³-hybridized carbons (Fsp3) is 0.0714. The summed E-state index contributed by atoms with van der Waals surface area (Å²) in [5, 5.41) is 10.9. The predicted molar refractivity (Wildman–Crippen MR) is 65.6 cm³/mol. The Morgan fingerprint density at radius 2 is 1.94 bits per heavy atom. The summed E-state index contributed by atoms with van der Waals surface area (Å²) in [6.07, 6.45) is 0. The Morgan fingerprint density at radius 3 is 2.56 bits per heavy atom. The second-order valence-electron chi connectivity index (χ2n) is 3.83. The summed E-state index contributed by atoms with van der Waals surface area (Å²) in [6.45, 7) is 5.71. The monoisotopic (exact) mass is 212 g/mol. The minimum atomic E-state index is -0.903. The van der Waals surface area contributed by atoms with Crippen LogP contribution in [0.25, 0.3) is 16.3 Å². The molecule has 0 aromatic heterocycles. The topological polar surface area (TPSA) is 37.3 Å². The molecule has 0 saturated carbocycles. The summed E-state index contributed by atoms with van der Waals surface area (Å²) in [7, 11) is 0. The molecule has 0 spiro atoms. The smallest absolute Gasteiger partial charge is 0.336 e. The Hall–Kier alpha value is -2.09. The van der Waals surface area contributed by atoms with Gasteiger partial charge in [0.25, 0.3) is 0 Å². The summed E-state index contributed by atoms with van der Waals surface area (Å²) >= 11 is 0. The Morgan fingerprint density at radius 1 is 1.25 bits per heavy atom. The highest BCUT2D eigenvalue weighted by Crippen LogP contribution is 2.24. The van der Waals surface area contributed by atoms with Gasteiger partial charge in [0.15, 0.2) is 0 Å². The number of carbonyl (C=O) groups is 1. The molecule has 1 N–H and O–H groups in total. The van der Waals surface area contributed by atoms with Crippen molar-refractivity contribution >= 4 is 22.3 Å². The maximum atomic E-state index is 11.2. The molecular weight excluding hydrogens is 200 g/mol. The van der Waals surface area contributed by atoms with E-state index in [4.69, 9.17) is 5.11 Å². The third kappa shape index (κ3) is 1.70. The van der Waals surface area contributed by atoms with Gasteiger partial charge in [0.2, 0.25) is 0 Å². The van der Waals surface area contributed by atoms with E-state index in [1.807, 2.05) is 37.3 Å². The van der Waals surface area contributed by atoms with Crippen LogP contribution in [0.15, 0.2) is 43.0 Å². The van der Waals surface area contributed by atoms with E-state index in [-0.39, 0.29) is 0 Å². The van der Waals surface area contributed by atoms with Crippen LogP contribution in [0.4, 0.5) is 0 Å². The van der Waals surface area contributed by atoms with Crippen LogP contribution in [0.2, 0.25) is 0 Å². The van der Waals surface area contributed by atoms with E-state index < -0.39 is 5.97 Å². The predicted octanol–water partition coefficient (Wildman–Crippen LogP) is 3.57. The fourth-order valence-corrected chi connectivity index (χ4v) is 1.73. The van der Waals surface area contributed by atoms with Crippen molar-refractivity contribution in [3.05, 3.63) is 54.1 Å². The van der Waals surface area contributed by atoms with Gasteiger partial charge in [-0.3, -0.25) is 0 Å². The highest BCUT2D eigenvalue weighted by atomic mass is 16.4. The molecule has 0 fully saturated rings. The van der Waals surface area contributed by atoms with E-state index in [9.17, 15) is 4.79 Å². The molecule has 0 unspecified atom stereocenters. The molecule has 2 aromatic rings. The van der Waals surface area contributed by atoms with Crippen molar-refractivity contribution in [1.29, 1.82) is 0 Å². The van der Waals surface area contributed by atoms with Gasteiger partial charge in [-0.05, 0) is 35.4 Å². The highest BCUT2D eigenvalue weighted by Gasteiger charge is 2.10. The number of allylic oxidation sites excluding steroid dienone is 1. The molecular formula is C14H12O2. The molecule has 0 heterocycles. The van der Waals surface area contributed by atoms with Crippen molar-refractivity contribution < 1.29 is 9.90 Å². The van der Waals surface area contributed by atoms with Crippen LogP contribution in [0.1, 0.15) is 22.8 Å². The lowest BCUT2D eigenvalue weighted by Gasteiger charge is -2.06. The summed E-state index contributed by atoms with van der Waals surface area (Å²) < 4.78 is 0. The molecule has 0 amide bonds. The lowest BCUT2D eigenvalue weighted by Crippen LogP contribution is -1.98. The fourth-order valence-electron chi connectivity index (χ4n) is 1.73. The number of carboxylic acids is 1. The van der Waals surface area contributed by atoms with Gasteiger partial charge < -0.3 is 5.11 Å². The molecule has 0 atom stereocenters. The number of hydrogen-bond acceptors (Lipinski definition) is 1. The van der Waals surface area contributed by atoms with Gasteiger partial charge in [0.1, 0.15) is 0 Å². The second kappa shape index (κ2) is 3.81. The largest absolute Gasteiger partial charge is 0.478 e. The van der Waals surface area contributed by atoms with E-state index in [2.05, 4.69) is 6.58 Å². The maximum Gasteiger partial charge on any atom is 0.336 e. The van der Waals surface area contributed by atoms with Gasteiger partial charge >= 0.3 is 5.97 Å². The van der Waals surface area contributed by atoms with E-state index in [0.717, 1.165) is 21.9 Å². The van der Waals surface area contributed by atoms with Crippen LogP contribution in [0.5, 0.6) is 0 Å². The number of fused-ring (bicyclic) bond motifs is 1. The van der Waals surface area contributed by atoms with E-state index >= 15 is 0 Å². The summed E-state index contributed by atoms with van der Waals surface area (Å²) in [5.74, 6) is -0.903. The Labute approximate surface area is 93.8 Å². The average Bonchev–Trinajstić information content (AvgIpc) is 2.27. The Kier molecular flexibility index (Phi) is 2.49. The molecule has 2 nitrogen and oxygen atoms in total. The lowest BCUT2D eigenvalue weighted by atomic mass is 9.98. The third-order valence-corrected chi connectivity index (χ3v) is 2.59. The van der Waals surface area contributed by atoms with Crippen molar-refractivity contribution in [3.8, 4) is 0 Å². The van der Waals surface area contributed by atoms with E-state index in [1.54, 1.807) is 6.07 Å². The van der Waals surface area contributed by atoms with Crippen molar-refractivity contribution in [2.24, 2.45) is 0 Å². The van der Waals surface area contributed by atoms with Crippen molar-refractivity contribution in [3.63, 3.8) is 0 Å². The molecule has 2 aromatic carbocycles. The minimum Gasteiger partial charge on any atom is -0.478 e. The first-order chi connectivity index (χ1) is 7.59. The van der Waals surface area contributed by atoms with Gasteiger partial charge in [-0.2, -0.15) is 0 Å². The van der Waals surface area contributed by atoms with E-state index in [1.165, 1.54) is 0 Å². The van der Waals surface area contributed by atoms with Crippen LogP contribution < -0.4 is 0 Å². The molecule has 0 aliphatic heterocycles. The molecule has 0 radical (unpaired) electrons. The molecule has 0 bridgehead atoms. The highest BCUT2D eigenvalue weighted by molar-refractivity contribution is 6.04. The Balaban J connectivity index is 2.84. The van der Waals surface area contributed by atoms with E-state index in [0.29, 0.717) is 5.56 Å². The summed E-state index contributed by atoms with van der Waals surface area (Å²) in [6, 6.07) is 11.1. The van der Waals surface area contributed by atoms with Gasteiger partial charge in [0, 0.05) is 0 Å². The zero-order chi connectivity index (χ0) is 11.7. The van der Waals surface area contributed by atoms with Crippen LogP contribution in [-0.4, -0.2) is 11.1 Å². The summed E-state index contributed by atoms with van der Waals surface area (Å²) in [5.41, 5.74) is 2.07. The van der Waals surface area contributed by atoms with Crippen LogP contribution in [0, 0.1) is 0 Å². The normalized spacial score (nSPS) is 10.3. The van der Waals surface area contributed by atoms with Crippen LogP contribution >= 0.6 is 0 Å². The number of benzene rings is 2. The summed E-state index contributed by atoms with van der Waals surface area (Å²) in [4.78, 5) is 11.2.